The Hall–Kier alpha value is -3.39. The van der Waals surface area contributed by atoms with Gasteiger partial charge >= 0.3 is 0 Å². The standard InChI is InChI=1S/C17H11N3O2/c18-10-13(12-4-3-5-15(9-12)20(21)22)8-14-11-19-17-7-2-1-6-16(14)17/h1-9,11,19H. The average molecular weight is 289 g/mol. The minimum absolute atomic E-state index is 0.0300. The lowest BCUT2D eigenvalue weighted by Crippen LogP contribution is -1.89. The van der Waals surface area contributed by atoms with Crippen LogP contribution in [0.15, 0.2) is 54.7 Å². The van der Waals surface area contributed by atoms with Crippen LogP contribution in [-0.4, -0.2) is 9.91 Å². The highest BCUT2D eigenvalue weighted by atomic mass is 16.6. The Bertz CT molecular complexity index is 932. The van der Waals surface area contributed by atoms with Gasteiger partial charge < -0.3 is 4.98 Å². The summed E-state index contributed by atoms with van der Waals surface area (Å²) in [5, 5.41) is 21.2. The van der Waals surface area contributed by atoms with Crippen molar-refractivity contribution in [2.75, 3.05) is 0 Å². The third kappa shape index (κ3) is 2.45. The predicted molar refractivity (Wildman–Crippen MR) is 84.9 cm³/mol. The van der Waals surface area contributed by atoms with Gasteiger partial charge in [0.25, 0.3) is 5.69 Å². The molecule has 3 rings (SSSR count). The molecule has 5 heteroatoms. The molecule has 0 radical (unpaired) electrons. The fourth-order valence-electron chi connectivity index (χ4n) is 2.34. The van der Waals surface area contributed by atoms with Gasteiger partial charge in [-0.2, -0.15) is 5.26 Å². The Labute approximate surface area is 126 Å². The maximum absolute atomic E-state index is 10.9. The van der Waals surface area contributed by atoms with Crippen molar-refractivity contribution in [1.82, 2.24) is 4.98 Å². The second-order valence-corrected chi connectivity index (χ2v) is 4.77. The molecule has 0 amide bonds. The van der Waals surface area contributed by atoms with Gasteiger partial charge in [-0.15, -0.1) is 0 Å². The highest BCUT2D eigenvalue weighted by molar-refractivity contribution is 5.97. The van der Waals surface area contributed by atoms with Crippen LogP contribution in [0.1, 0.15) is 11.1 Å². The zero-order valence-corrected chi connectivity index (χ0v) is 11.5. The summed E-state index contributed by atoms with van der Waals surface area (Å²) >= 11 is 0. The first-order valence-electron chi connectivity index (χ1n) is 6.62. The van der Waals surface area contributed by atoms with Gasteiger partial charge in [-0.05, 0) is 17.7 Å². The number of aromatic nitrogens is 1. The second-order valence-electron chi connectivity index (χ2n) is 4.77. The molecular weight excluding hydrogens is 278 g/mol. The summed E-state index contributed by atoms with van der Waals surface area (Å²) in [6, 6.07) is 16.0. The van der Waals surface area contributed by atoms with Crippen molar-refractivity contribution in [3.63, 3.8) is 0 Å². The van der Waals surface area contributed by atoms with Crippen LogP contribution >= 0.6 is 0 Å². The molecule has 0 atom stereocenters. The van der Waals surface area contributed by atoms with E-state index >= 15 is 0 Å². The fourth-order valence-corrected chi connectivity index (χ4v) is 2.34. The van der Waals surface area contributed by atoms with Gasteiger partial charge in [-0.3, -0.25) is 10.1 Å². The van der Waals surface area contributed by atoms with Crippen LogP contribution in [0.5, 0.6) is 0 Å². The zero-order chi connectivity index (χ0) is 15.5. The lowest BCUT2D eigenvalue weighted by atomic mass is 10.0. The first-order valence-corrected chi connectivity index (χ1v) is 6.62. The van der Waals surface area contributed by atoms with E-state index in [1.807, 2.05) is 30.5 Å². The van der Waals surface area contributed by atoms with Crippen molar-refractivity contribution in [3.8, 4) is 6.07 Å². The smallest absolute Gasteiger partial charge is 0.270 e. The van der Waals surface area contributed by atoms with E-state index in [4.69, 9.17) is 0 Å². The van der Waals surface area contributed by atoms with Gasteiger partial charge in [0.05, 0.1) is 16.6 Å². The van der Waals surface area contributed by atoms with E-state index in [1.54, 1.807) is 18.2 Å². The number of nitrogens with zero attached hydrogens (tertiary/aromatic N) is 2. The Morgan fingerprint density at radius 3 is 2.82 bits per heavy atom. The SMILES string of the molecule is N#CC(=Cc1c[nH]c2ccccc12)c1cccc([N+](=O)[O-])c1. The Balaban J connectivity index is 2.10. The highest BCUT2D eigenvalue weighted by Gasteiger charge is 2.09. The molecule has 0 saturated heterocycles. The second kappa shape index (κ2) is 5.54. The number of fused-ring (bicyclic) bond motifs is 1. The van der Waals surface area contributed by atoms with Crippen LogP contribution in [0.25, 0.3) is 22.6 Å². The van der Waals surface area contributed by atoms with E-state index in [9.17, 15) is 15.4 Å². The number of nitrogens with one attached hydrogen (secondary N) is 1. The van der Waals surface area contributed by atoms with Crippen LogP contribution in [0.3, 0.4) is 0 Å². The first-order chi connectivity index (χ1) is 10.7. The van der Waals surface area contributed by atoms with Crippen molar-refractivity contribution in [3.05, 3.63) is 76.0 Å². The van der Waals surface area contributed by atoms with Crippen LogP contribution in [-0.2, 0) is 0 Å². The van der Waals surface area contributed by atoms with E-state index in [2.05, 4.69) is 11.1 Å². The van der Waals surface area contributed by atoms with Gasteiger partial charge in [-0.1, -0.05) is 30.3 Å². The van der Waals surface area contributed by atoms with Crippen molar-refractivity contribution in [2.45, 2.75) is 0 Å². The summed E-state index contributed by atoms with van der Waals surface area (Å²) in [5.74, 6) is 0. The maximum Gasteiger partial charge on any atom is 0.270 e. The summed E-state index contributed by atoms with van der Waals surface area (Å²) in [5.41, 5.74) is 2.73. The molecule has 2 aromatic carbocycles. The van der Waals surface area contributed by atoms with Gasteiger partial charge in [-0.25, -0.2) is 0 Å². The topological polar surface area (TPSA) is 82.7 Å². The number of hydrogen-bond donors (Lipinski definition) is 1. The number of aromatic amines is 1. The number of H-pyrrole nitrogens is 1. The summed E-state index contributed by atoms with van der Waals surface area (Å²) in [4.78, 5) is 13.5. The minimum Gasteiger partial charge on any atom is -0.361 e. The molecule has 22 heavy (non-hydrogen) atoms. The molecule has 0 fully saturated rings. The van der Waals surface area contributed by atoms with Crippen molar-refractivity contribution < 1.29 is 4.92 Å². The Morgan fingerprint density at radius 2 is 2.05 bits per heavy atom. The van der Waals surface area contributed by atoms with E-state index in [0.717, 1.165) is 16.5 Å². The van der Waals surface area contributed by atoms with E-state index in [1.165, 1.54) is 12.1 Å². The Morgan fingerprint density at radius 1 is 1.23 bits per heavy atom. The molecule has 106 valence electrons. The summed E-state index contributed by atoms with van der Waals surface area (Å²) < 4.78 is 0. The van der Waals surface area contributed by atoms with Crippen molar-refractivity contribution >= 4 is 28.2 Å². The number of non-ortho nitro benzene ring substituents is 1. The minimum atomic E-state index is -0.468. The molecule has 0 unspecified atom stereocenters. The van der Waals surface area contributed by atoms with Crippen molar-refractivity contribution in [1.29, 1.82) is 5.26 Å². The summed E-state index contributed by atoms with van der Waals surface area (Å²) in [6.45, 7) is 0. The quantitative estimate of drug-likeness (QED) is 0.447. The van der Waals surface area contributed by atoms with E-state index < -0.39 is 4.92 Å². The highest BCUT2D eigenvalue weighted by Crippen LogP contribution is 2.25. The van der Waals surface area contributed by atoms with E-state index in [0.29, 0.717) is 11.1 Å². The number of para-hydroxylation sites is 1. The number of rotatable bonds is 3. The van der Waals surface area contributed by atoms with Crippen LogP contribution in [0.4, 0.5) is 5.69 Å². The van der Waals surface area contributed by atoms with Gasteiger partial charge in [0.15, 0.2) is 0 Å². The third-order valence-electron chi connectivity index (χ3n) is 3.41. The van der Waals surface area contributed by atoms with Gasteiger partial charge in [0.2, 0.25) is 0 Å². The molecule has 1 heterocycles. The van der Waals surface area contributed by atoms with Crippen LogP contribution in [0, 0.1) is 21.4 Å². The van der Waals surface area contributed by atoms with Crippen LogP contribution < -0.4 is 0 Å². The van der Waals surface area contributed by atoms with Crippen molar-refractivity contribution in [2.24, 2.45) is 0 Å². The molecule has 3 aromatic rings. The van der Waals surface area contributed by atoms with E-state index in [-0.39, 0.29) is 5.69 Å². The predicted octanol–water partition coefficient (Wildman–Crippen LogP) is 4.14. The molecule has 0 aliphatic rings. The number of nitro groups is 1. The molecular formula is C17H11N3O2. The summed E-state index contributed by atoms with van der Waals surface area (Å²) in [7, 11) is 0. The maximum atomic E-state index is 10.9. The number of allylic oxidation sites excluding steroid dienone is 1. The molecule has 1 aromatic heterocycles. The molecule has 1 N–H and O–H groups in total. The molecule has 0 bridgehead atoms. The molecule has 0 saturated carbocycles. The van der Waals surface area contributed by atoms with Gasteiger partial charge in [0, 0.05) is 34.8 Å². The number of benzene rings is 2. The largest absolute Gasteiger partial charge is 0.361 e. The number of hydrogen-bond acceptors (Lipinski definition) is 3. The Kier molecular flexibility index (Phi) is 3.42. The monoisotopic (exact) mass is 289 g/mol. The lowest BCUT2D eigenvalue weighted by Gasteiger charge is -1.99. The summed E-state index contributed by atoms with van der Waals surface area (Å²) in [6.07, 6.45) is 3.55. The fraction of sp³-hybridized carbons (Fsp3) is 0. The number of nitriles is 1. The van der Waals surface area contributed by atoms with Gasteiger partial charge in [0.1, 0.15) is 0 Å². The number of nitro benzene ring substituents is 1. The average Bonchev–Trinajstić information content (AvgIpc) is 2.96. The zero-order valence-electron chi connectivity index (χ0n) is 11.5. The van der Waals surface area contributed by atoms with Crippen LogP contribution in [0.2, 0.25) is 0 Å². The molecule has 5 nitrogen and oxygen atoms in total. The third-order valence-corrected chi connectivity index (χ3v) is 3.41. The molecule has 0 spiro atoms. The molecule has 0 aliphatic carbocycles. The lowest BCUT2D eigenvalue weighted by molar-refractivity contribution is -0.384. The molecule has 0 aliphatic heterocycles. The first kappa shape index (κ1) is 13.6. The normalized spacial score (nSPS) is 11.3.